The van der Waals surface area contributed by atoms with E-state index in [2.05, 4.69) is 28.1 Å². The Morgan fingerprint density at radius 3 is 2.21 bits per heavy atom. The Bertz CT molecular complexity index is 1280. The highest BCUT2D eigenvalue weighted by molar-refractivity contribution is 6.39. The average molecular weight is 537 g/mol. The van der Waals surface area contributed by atoms with Crippen LogP contribution in [0.4, 0.5) is 11.4 Å². The molecular weight excluding hydrogens is 508 g/mol. The molecule has 0 fully saturated rings. The number of rotatable bonds is 11. The van der Waals surface area contributed by atoms with Crippen molar-refractivity contribution in [2.75, 3.05) is 23.8 Å². The van der Waals surface area contributed by atoms with E-state index in [-0.39, 0.29) is 12.5 Å². The standard InChI is InChI=1S/C28H29ClN4O5/c1-3-4-15-37-23-13-9-21(10-14-23)32-27(35)28(36)33-30-17-20-6-11-24(12-7-20)38-18-26(34)31-22-8-5-19(2)25(29)16-22/h5-14,16-17H,3-4,15,18H2,1-2H3,(H,31,34)(H,32,35)(H,33,36)/b30-17-. The largest absolute Gasteiger partial charge is 0.494 e. The molecule has 3 aromatic rings. The van der Waals surface area contributed by atoms with E-state index in [0.717, 1.165) is 18.4 Å². The average Bonchev–Trinajstić information content (AvgIpc) is 2.91. The number of carbonyl (C=O) groups excluding carboxylic acids is 3. The Morgan fingerprint density at radius 1 is 0.868 bits per heavy atom. The van der Waals surface area contributed by atoms with Crippen LogP contribution in [0.2, 0.25) is 5.02 Å². The molecule has 0 bridgehead atoms. The number of hydrogen-bond donors (Lipinski definition) is 3. The maximum atomic E-state index is 12.1. The van der Waals surface area contributed by atoms with Crippen LogP contribution in [-0.4, -0.2) is 37.1 Å². The van der Waals surface area contributed by atoms with Gasteiger partial charge in [-0.1, -0.05) is 31.0 Å². The summed E-state index contributed by atoms with van der Waals surface area (Å²) in [6.07, 6.45) is 3.38. The molecular formula is C28H29ClN4O5. The Kier molecular flexibility index (Phi) is 10.7. The van der Waals surface area contributed by atoms with Crippen molar-refractivity contribution in [2.45, 2.75) is 26.7 Å². The monoisotopic (exact) mass is 536 g/mol. The predicted molar refractivity (Wildman–Crippen MR) is 148 cm³/mol. The van der Waals surface area contributed by atoms with E-state index in [1.165, 1.54) is 6.21 Å². The second kappa shape index (κ2) is 14.4. The highest BCUT2D eigenvalue weighted by atomic mass is 35.5. The number of hydrazone groups is 1. The molecule has 198 valence electrons. The van der Waals surface area contributed by atoms with E-state index >= 15 is 0 Å². The van der Waals surface area contributed by atoms with Crippen LogP contribution in [0.25, 0.3) is 0 Å². The van der Waals surface area contributed by atoms with Crippen molar-refractivity contribution in [3.8, 4) is 11.5 Å². The molecule has 0 unspecified atom stereocenters. The first-order chi connectivity index (χ1) is 18.3. The minimum absolute atomic E-state index is 0.182. The molecule has 0 aliphatic rings. The summed E-state index contributed by atoms with van der Waals surface area (Å²) in [5, 5.41) is 9.59. The molecule has 3 rings (SSSR count). The lowest BCUT2D eigenvalue weighted by Gasteiger charge is -2.09. The molecule has 0 radical (unpaired) electrons. The first-order valence-corrected chi connectivity index (χ1v) is 12.4. The van der Waals surface area contributed by atoms with Crippen LogP contribution in [0.3, 0.4) is 0 Å². The summed E-state index contributed by atoms with van der Waals surface area (Å²) in [5.41, 5.74) is 4.80. The van der Waals surface area contributed by atoms with Crippen molar-refractivity contribution < 1.29 is 23.9 Å². The van der Waals surface area contributed by atoms with Gasteiger partial charge in [-0.25, -0.2) is 5.43 Å². The van der Waals surface area contributed by atoms with Gasteiger partial charge in [-0.3, -0.25) is 14.4 Å². The lowest BCUT2D eigenvalue weighted by Crippen LogP contribution is -2.32. The molecule has 0 atom stereocenters. The van der Waals surface area contributed by atoms with Gasteiger partial charge < -0.3 is 20.1 Å². The van der Waals surface area contributed by atoms with E-state index in [9.17, 15) is 14.4 Å². The summed E-state index contributed by atoms with van der Waals surface area (Å²) in [6.45, 7) is 4.40. The van der Waals surface area contributed by atoms with Gasteiger partial charge >= 0.3 is 11.8 Å². The van der Waals surface area contributed by atoms with Crippen molar-refractivity contribution in [1.29, 1.82) is 0 Å². The maximum absolute atomic E-state index is 12.1. The number of halogens is 1. The van der Waals surface area contributed by atoms with Crippen LogP contribution in [0.15, 0.2) is 71.8 Å². The van der Waals surface area contributed by atoms with Crippen molar-refractivity contribution in [3.63, 3.8) is 0 Å². The van der Waals surface area contributed by atoms with Crippen LogP contribution < -0.4 is 25.5 Å². The number of hydrogen-bond acceptors (Lipinski definition) is 6. The Morgan fingerprint density at radius 2 is 1.53 bits per heavy atom. The molecule has 0 aliphatic heterocycles. The van der Waals surface area contributed by atoms with Gasteiger partial charge in [0.1, 0.15) is 11.5 Å². The molecule has 0 spiro atoms. The Hall–Kier alpha value is -4.37. The Labute approximate surface area is 226 Å². The molecule has 0 aromatic heterocycles. The van der Waals surface area contributed by atoms with E-state index < -0.39 is 11.8 Å². The molecule has 0 aliphatic carbocycles. The summed E-state index contributed by atoms with van der Waals surface area (Å²) >= 11 is 6.07. The van der Waals surface area contributed by atoms with Gasteiger partial charge in [0, 0.05) is 16.4 Å². The summed E-state index contributed by atoms with van der Waals surface area (Å²) in [7, 11) is 0. The van der Waals surface area contributed by atoms with Crippen LogP contribution in [0.1, 0.15) is 30.9 Å². The first-order valence-electron chi connectivity index (χ1n) is 12.0. The Balaban J connectivity index is 1.40. The lowest BCUT2D eigenvalue weighted by molar-refractivity contribution is -0.136. The van der Waals surface area contributed by atoms with Crippen LogP contribution in [0, 0.1) is 6.92 Å². The van der Waals surface area contributed by atoms with Crippen molar-refractivity contribution in [1.82, 2.24) is 5.43 Å². The molecule has 38 heavy (non-hydrogen) atoms. The van der Waals surface area contributed by atoms with Gasteiger partial charge in [0.05, 0.1) is 12.8 Å². The number of nitrogens with one attached hydrogen (secondary N) is 3. The fourth-order valence-corrected chi connectivity index (χ4v) is 3.22. The van der Waals surface area contributed by atoms with Crippen LogP contribution >= 0.6 is 11.6 Å². The molecule has 0 saturated carbocycles. The van der Waals surface area contributed by atoms with E-state index in [0.29, 0.717) is 40.1 Å². The zero-order valence-corrected chi connectivity index (χ0v) is 21.9. The number of anilines is 2. The van der Waals surface area contributed by atoms with E-state index in [1.807, 2.05) is 13.0 Å². The van der Waals surface area contributed by atoms with Gasteiger partial charge in [-0.05, 0) is 85.1 Å². The number of amides is 3. The smallest absolute Gasteiger partial charge is 0.329 e. The summed E-state index contributed by atoms with van der Waals surface area (Å²) in [4.78, 5) is 36.2. The third kappa shape index (κ3) is 9.25. The molecule has 3 amide bonds. The number of aryl methyl sites for hydroxylation is 1. The predicted octanol–water partition coefficient (Wildman–Crippen LogP) is 4.93. The van der Waals surface area contributed by atoms with Crippen molar-refractivity contribution in [3.05, 3.63) is 82.9 Å². The fraction of sp³-hybridized carbons (Fsp3) is 0.214. The topological polar surface area (TPSA) is 118 Å². The second-order valence-electron chi connectivity index (χ2n) is 8.25. The van der Waals surface area contributed by atoms with Gasteiger partial charge in [-0.15, -0.1) is 0 Å². The molecule has 10 heteroatoms. The molecule has 0 heterocycles. The highest BCUT2D eigenvalue weighted by Gasteiger charge is 2.13. The van der Waals surface area contributed by atoms with Gasteiger partial charge in [0.15, 0.2) is 6.61 Å². The number of ether oxygens (including phenoxy) is 2. The van der Waals surface area contributed by atoms with Gasteiger partial charge in [-0.2, -0.15) is 5.10 Å². The minimum atomic E-state index is -0.912. The van der Waals surface area contributed by atoms with E-state index in [1.54, 1.807) is 60.7 Å². The summed E-state index contributed by atoms with van der Waals surface area (Å²) in [5.74, 6) is -0.919. The van der Waals surface area contributed by atoms with Crippen LogP contribution in [0.5, 0.6) is 11.5 Å². The lowest BCUT2D eigenvalue weighted by atomic mass is 10.2. The summed E-state index contributed by atoms with van der Waals surface area (Å²) < 4.78 is 11.1. The SMILES string of the molecule is CCCCOc1ccc(NC(=O)C(=O)N/N=C\c2ccc(OCC(=O)Nc3ccc(C)c(Cl)c3)cc2)cc1. The summed E-state index contributed by atoms with van der Waals surface area (Å²) in [6, 6.07) is 18.7. The zero-order chi connectivity index (χ0) is 27.3. The third-order valence-electron chi connectivity index (χ3n) is 5.17. The number of benzene rings is 3. The van der Waals surface area contributed by atoms with E-state index in [4.69, 9.17) is 21.1 Å². The quantitative estimate of drug-likeness (QED) is 0.139. The number of nitrogens with zero attached hydrogens (tertiary/aromatic N) is 1. The molecule has 3 N–H and O–H groups in total. The van der Waals surface area contributed by atoms with Gasteiger partial charge in [0.25, 0.3) is 5.91 Å². The van der Waals surface area contributed by atoms with Crippen molar-refractivity contribution in [2.24, 2.45) is 5.10 Å². The number of unbranched alkanes of at least 4 members (excludes halogenated alkanes) is 1. The first kappa shape index (κ1) is 28.2. The third-order valence-corrected chi connectivity index (χ3v) is 5.58. The van der Waals surface area contributed by atoms with Crippen molar-refractivity contribution >= 4 is 46.9 Å². The minimum Gasteiger partial charge on any atom is -0.494 e. The second-order valence-corrected chi connectivity index (χ2v) is 8.66. The fourth-order valence-electron chi connectivity index (χ4n) is 3.04. The zero-order valence-electron chi connectivity index (χ0n) is 21.1. The highest BCUT2D eigenvalue weighted by Crippen LogP contribution is 2.20. The normalized spacial score (nSPS) is 10.6. The maximum Gasteiger partial charge on any atom is 0.329 e. The number of carbonyl (C=O) groups is 3. The molecule has 3 aromatic carbocycles. The molecule has 0 saturated heterocycles. The van der Waals surface area contributed by atoms with Gasteiger partial charge in [0.2, 0.25) is 0 Å². The van der Waals surface area contributed by atoms with Crippen LogP contribution in [-0.2, 0) is 14.4 Å². The molecule has 9 nitrogen and oxygen atoms in total.